The van der Waals surface area contributed by atoms with E-state index in [2.05, 4.69) is 11.2 Å². The second-order valence-electron chi connectivity index (χ2n) is 5.62. The molecule has 1 amide bonds. The second-order valence-corrected chi connectivity index (χ2v) is 5.62. The highest BCUT2D eigenvalue weighted by atomic mass is 16.2. The Bertz CT molecular complexity index is 755. The number of amides is 1. The van der Waals surface area contributed by atoms with E-state index in [0.717, 1.165) is 16.9 Å². The minimum Gasteiger partial charge on any atom is -0.306 e. The van der Waals surface area contributed by atoms with E-state index in [-0.39, 0.29) is 12.3 Å². The minimum absolute atomic E-state index is 0.119. The van der Waals surface area contributed by atoms with E-state index in [1.54, 1.807) is 15.6 Å². The topological polar surface area (TPSA) is 61.9 Å². The molecule has 0 atom stereocenters. The van der Waals surface area contributed by atoms with Gasteiger partial charge in [0.25, 0.3) is 5.91 Å². The molecular formula is C18H22N4O. The molecule has 0 radical (unpaired) electrons. The molecule has 0 aliphatic rings. The molecule has 1 aromatic heterocycles. The molecular weight excluding hydrogens is 288 g/mol. The standard InChI is InChI=1S/C18H22N4O/c1-5-22-17(12-15(4)20-22)18(23)21(10-6-9-19)16-8-7-13(2)14(3)11-16/h7-8,11-12H,5-6,10H2,1-4H3. The van der Waals surface area contributed by atoms with Crippen molar-refractivity contribution in [2.45, 2.75) is 40.7 Å². The molecule has 23 heavy (non-hydrogen) atoms. The van der Waals surface area contributed by atoms with Crippen LogP contribution in [0.1, 0.15) is 40.7 Å². The van der Waals surface area contributed by atoms with Gasteiger partial charge in [0.15, 0.2) is 0 Å². The summed E-state index contributed by atoms with van der Waals surface area (Å²) < 4.78 is 1.71. The number of hydrogen-bond acceptors (Lipinski definition) is 3. The number of aryl methyl sites for hydroxylation is 4. The largest absolute Gasteiger partial charge is 0.306 e. The molecule has 1 aromatic carbocycles. The van der Waals surface area contributed by atoms with Gasteiger partial charge in [-0.05, 0) is 57.0 Å². The molecule has 2 rings (SSSR count). The highest BCUT2D eigenvalue weighted by Gasteiger charge is 2.22. The van der Waals surface area contributed by atoms with Gasteiger partial charge in [-0.25, -0.2) is 0 Å². The van der Waals surface area contributed by atoms with Crippen molar-refractivity contribution in [1.29, 1.82) is 5.26 Å². The van der Waals surface area contributed by atoms with Crippen LogP contribution in [0, 0.1) is 32.1 Å². The summed E-state index contributed by atoms with van der Waals surface area (Å²) in [6, 6.07) is 9.83. The molecule has 0 aliphatic carbocycles. The summed E-state index contributed by atoms with van der Waals surface area (Å²) in [4.78, 5) is 14.7. The first-order valence-electron chi connectivity index (χ1n) is 7.78. The van der Waals surface area contributed by atoms with Crippen molar-refractivity contribution in [3.05, 3.63) is 46.8 Å². The van der Waals surface area contributed by atoms with Crippen molar-refractivity contribution in [3.63, 3.8) is 0 Å². The highest BCUT2D eigenvalue weighted by Crippen LogP contribution is 2.21. The predicted octanol–water partition coefficient (Wildman–Crippen LogP) is 3.39. The number of aromatic nitrogens is 2. The van der Waals surface area contributed by atoms with Crippen LogP contribution in [0.4, 0.5) is 5.69 Å². The van der Waals surface area contributed by atoms with Gasteiger partial charge in [-0.1, -0.05) is 6.07 Å². The monoisotopic (exact) mass is 310 g/mol. The fourth-order valence-corrected chi connectivity index (χ4v) is 2.50. The number of nitriles is 1. The molecule has 0 saturated carbocycles. The molecule has 1 heterocycles. The first-order valence-corrected chi connectivity index (χ1v) is 7.78. The van der Waals surface area contributed by atoms with Crippen LogP contribution >= 0.6 is 0 Å². The Morgan fingerprint density at radius 3 is 2.61 bits per heavy atom. The van der Waals surface area contributed by atoms with Crippen LogP contribution in [0.2, 0.25) is 0 Å². The van der Waals surface area contributed by atoms with Gasteiger partial charge in [0, 0.05) is 18.8 Å². The third kappa shape index (κ3) is 3.59. The highest BCUT2D eigenvalue weighted by molar-refractivity contribution is 6.05. The SMILES string of the molecule is CCn1nc(C)cc1C(=O)N(CCC#N)c1ccc(C)c(C)c1. The van der Waals surface area contributed by atoms with Gasteiger partial charge < -0.3 is 4.90 Å². The van der Waals surface area contributed by atoms with Crippen LogP contribution < -0.4 is 4.90 Å². The van der Waals surface area contributed by atoms with Crippen molar-refractivity contribution in [2.24, 2.45) is 0 Å². The quantitative estimate of drug-likeness (QED) is 0.850. The number of anilines is 1. The maximum Gasteiger partial charge on any atom is 0.276 e. The van der Waals surface area contributed by atoms with E-state index in [0.29, 0.717) is 18.8 Å². The number of hydrogen-bond donors (Lipinski definition) is 0. The van der Waals surface area contributed by atoms with E-state index in [9.17, 15) is 4.79 Å². The van der Waals surface area contributed by atoms with Gasteiger partial charge in [-0.2, -0.15) is 10.4 Å². The minimum atomic E-state index is -0.119. The van der Waals surface area contributed by atoms with Crippen LogP contribution in [0.3, 0.4) is 0 Å². The zero-order valence-corrected chi connectivity index (χ0v) is 14.1. The fraction of sp³-hybridized carbons (Fsp3) is 0.389. The molecule has 0 bridgehead atoms. The summed E-state index contributed by atoms with van der Waals surface area (Å²) in [5, 5.41) is 13.3. The number of nitrogens with zero attached hydrogens (tertiary/aromatic N) is 4. The Hall–Kier alpha value is -2.61. The number of rotatable bonds is 5. The van der Waals surface area contributed by atoms with Crippen LogP contribution in [-0.4, -0.2) is 22.2 Å². The van der Waals surface area contributed by atoms with Crippen LogP contribution in [0.25, 0.3) is 0 Å². The van der Waals surface area contributed by atoms with Gasteiger partial charge in [0.1, 0.15) is 5.69 Å². The van der Waals surface area contributed by atoms with E-state index >= 15 is 0 Å². The summed E-state index contributed by atoms with van der Waals surface area (Å²) in [7, 11) is 0. The van der Waals surface area contributed by atoms with Gasteiger partial charge in [-0.3, -0.25) is 9.48 Å². The Morgan fingerprint density at radius 1 is 1.26 bits per heavy atom. The zero-order valence-electron chi connectivity index (χ0n) is 14.1. The van der Waals surface area contributed by atoms with E-state index in [1.165, 1.54) is 5.56 Å². The number of benzene rings is 1. The second kappa shape index (κ2) is 7.10. The Balaban J connectivity index is 2.43. The lowest BCUT2D eigenvalue weighted by molar-refractivity contribution is 0.0977. The summed E-state index contributed by atoms with van der Waals surface area (Å²) in [6.07, 6.45) is 0.290. The van der Waals surface area contributed by atoms with Gasteiger partial charge in [0.2, 0.25) is 0 Å². The predicted molar refractivity (Wildman–Crippen MR) is 90.5 cm³/mol. The molecule has 5 nitrogen and oxygen atoms in total. The van der Waals surface area contributed by atoms with E-state index in [1.807, 2.05) is 45.9 Å². The summed E-state index contributed by atoms with van der Waals surface area (Å²) in [6.45, 7) is 8.89. The molecule has 120 valence electrons. The first kappa shape index (κ1) is 16.8. The smallest absolute Gasteiger partial charge is 0.276 e. The number of carbonyl (C=O) groups excluding carboxylic acids is 1. The molecule has 0 aliphatic heterocycles. The molecule has 5 heteroatoms. The third-order valence-corrected chi connectivity index (χ3v) is 3.92. The average molecular weight is 310 g/mol. The van der Waals surface area contributed by atoms with Crippen molar-refractivity contribution in [3.8, 4) is 6.07 Å². The summed E-state index contributed by atoms with van der Waals surface area (Å²) in [5.41, 5.74) is 4.49. The zero-order chi connectivity index (χ0) is 17.0. The van der Waals surface area contributed by atoms with E-state index < -0.39 is 0 Å². The van der Waals surface area contributed by atoms with Crippen molar-refractivity contribution in [2.75, 3.05) is 11.4 Å². The van der Waals surface area contributed by atoms with Crippen molar-refractivity contribution in [1.82, 2.24) is 9.78 Å². The summed E-state index contributed by atoms with van der Waals surface area (Å²) in [5.74, 6) is -0.119. The normalized spacial score (nSPS) is 10.4. The molecule has 0 fully saturated rings. The van der Waals surface area contributed by atoms with E-state index in [4.69, 9.17) is 5.26 Å². The Kier molecular flexibility index (Phi) is 5.17. The molecule has 0 spiro atoms. The Morgan fingerprint density at radius 2 is 2.00 bits per heavy atom. The maximum absolute atomic E-state index is 13.0. The van der Waals surface area contributed by atoms with Crippen LogP contribution in [-0.2, 0) is 6.54 Å². The maximum atomic E-state index is 13.0. The molecule has 0 unspecified atom stereocenters. The first-order chi connectivity index (χ1) is 11.0. The van der Waals surface area contributed by atoms with Crippen molar-refractivity contribution < 1.29 is 4.79 Å². The summed E-state index contributed by atoms with van der Waals surface area (Å²) >= 11 is 0. The lowest BCUT2D eigenvalue weighted by Gasteiger charge is -2.23. The van der Waals surface area contributed by atoms with Gasteiger partial charge in [-0.15, -0.1) is 0 Å². The van der Waals surface area contributed by atoms with Crippen LogP contribution in [0.5, 0.6) is 0 Å². The van der Waals surface area contributed by atoms with Gasteiger partial charge in [0.05, 0.1) is 18.2 Å². The lowest BCUT2D eigenvalue weighted by atomic mass is 10.1. The number of carbonyl (C=O) groups is 1. The molecule has 0 N–H and O–H groups in total. The van der Waals surface area contributed by atoms with Gasteiger partial charge >= 0.3 is 0 Å². The van der Waals surface area contributed by atoms with Crippen molar-refractivity contribution >= 4 is 11.6 Å². The average Bonchev–Trinajstić information content (AvgIpc) is 2.91. The Labute approximate surface area is 137 Å². The fourth-order valence-electron chi connectivity index (χ4n) is 2.50. The lowest BCUT2D eigenvalue weighted by Crippen LogP contribution is -2.33. The third-order valence-electron chi connectivity index (χ3n) is 3.92. The molecule has 0 saturated heterocycles. The van der Waals surface area contributed by atoms with Crippen LogP contribution in [0.15, 0.2) is 24.3 Å². The molecule has 2 aromatic rings.